The van der Waals surface area contributed by atoms with Gasteiger partial charge in [0.2, 0.25) is 0 Å². The third-order valence-corrected chi connectivity index (χ3v) is 5.97. The van der Waals surface area contributed by atoms with Crippen molar-refractivity contribution in [2.75, 3.05) is 5.73 Å². The number of nitrogens with zero attached hydrogens (tertiary/aromatic N) is 4. The molecule has 1 aromatic rings. The van der Waals surface area contributed by atoms with Crippen LogP contribution in [-0.2, 0) is 6.54 Å². The number of rotatable bonds is 4. The highest BCUT2D eigenvalue weighted by Crippen LogP contribution is 2.35. The van der Waals surface area contributed by atoms with Gasteiger partial charge in [-0.2, -0.15) is 0 Å². The van der Waals surface area contributed by atoms with Gasteiger partial charge in [-0.05, 0) is 48.7 Å². The first-order chi connectivity index (χ1) is 12.6. The van der Waals surface area contributed by atoms with E-state index in [-0.39, 0.29) is 0 Å². The molecule has 2 N–H and O–H groups in total. The van der Waals surface area contributed by atoms with Gasteiger partial charge < -0.3 is 10.3 Å². The summed E-state index contributed by atoms with van der Waals surface area (Å²) in [5.74, 6) is 1.86. The van der Waals surface area contributed by atoms with Crippen molar-refractivity contribution in [3.63, 3.8) is 0 Å². The monoisotopic (exact) mass is 407 g/mol. The lowest BCUT2D eigenvalue weighted by atomic mass is 9.89. The first-order valence-electron chi connectivity index (χ1n) is 8.71. The number of aromatic nitrogens is 4. The molecule has 4 rings (SSSR count). The third kappa shape index (κ3) is 3.92. The first-order valence-corrected chi connectivity index (χ1v) is 10.3. The van der Waals surface area contributed by atoms with Gasteiger partial charge in [0.25, 0.3) is 0 Å². The van der Waals surface area contributed by atoms with Crippen molar-refractivity contribution < 1.29 is 0 Å². The Morgan fingerprint density at radius 2 is 1.81 bits per heavy atom. The van der Waals surface area contributed by atoms with Crippen LogP contribution in [0.5, 0.6) is 0 Å². The van der Waals surface area contributed by atoms with Gasteiger partial charge in [-0.15, -0.1) is 0 Å². The Bertz CT molecular complexity index is 871. The van der Waals surface area contributed by atoms with Crippen LogP contribution in [0.1, 0.15) is 32.1 Å². The fourth-order valence-electron chi connectivity index (χ4n) is 3.45. The van der Waals surface area contributed by atoms with Crippen molar-refractivity contribution >= 4 is 40.8 Å². The van der Waals surface area contributed by atoms with Crippen LogP contribution in [-0.4, -0.2) is 19.5 Å². The summed E-state index contributed by atoms with van der Waals surface area (Å²) >= 11 is 13.6. The Hall–Kier alpha value is -1.50. The first kappa shape index (κ1) is 17.9. The highest BCUT2D eigenvalue weighted by Gasteiger charge is 2.22. The molecule has 1 fully saturated rings. The summed E-state index contributed by atoms with van der Waals surface area (Å²) in [5, 5.41) is 1.80. The van der Waals surface area contributed by atoms with Gasteiger partial charge in [-0.25, -0.2) is 15.0 Å². The maximum Gasteiger partial charge on any atom is 0.195 e. The smallest absolute Gasteiger partial charge is 0.195 e. The SMILES string of the molecule is Nc1ncn(CC2CCCCC2)c2nc(Sc3cc(Cl)cc(Cl)c3)nc1-2. The van der Waals surface area contributed by atoms with E-state index in [1.165, 1.54) is 43.9 Å². The summed E-state index contributed by atoms with van der Waals surface area (Å²) in [6, 6.07) is 5.39. The molecule has 0 amide bonds. The van der Waals surface area contributed by atoms with Crippen molar-refractivity contribution in [1.82, 2.24) is 19.5 Å². The van der Waals surface area contributed by atoms with E-state index >= 15 is 0 Å². The number of imidazole rings is 1. The highest BCUT2D eigenvalue weighted by atomic mass is 35.5. The second kappa shape index (κ2) is 7.62. The highest BCUT2D eigenvalue weighted by molar-refractivity contribution is 7.99. The van der Waals surface area contributed by atoms with Crippen LogP contribution in [0, 0.1) is 5.92 Å². The summed E-state index contributed by atoms with van der Waals surface area (Å²) in [4.78, 5) is 14.5. The number of nitrogen functional groups attached to an aromatic ring is 1. The molecule has 1 aromatic carbocycles. The molecule has 0 bridgehead atoms. The van der Waals surface area contributed by atoms with Gasteiger partial charge in [0.05, 0.1) is 6.33 Å². The Kier molecular flexibility index (Phi) is 5.25. The number of anilines is 1. The number of benzene rings is 1. The van der Waals surface area contributed by atoms with Crippen LogP contribution in [0.15, 0.2) is 34.6 Å². The topological polar surface area (TPSA) is 69.6 Å². The van der Waals surface area contributed by atoms with E-state index in [1.807, 2.05) is 12.1 Å². The molecule has 136 valence electrons. The summed E-state index contributed by atoms with van der Waals surface area (Å²) in [6.07, 6.45) is 8.26. The van der Waals surface area contributed by atoms with Crippen molar-refractivity contribution in [3.05, 3.63) is 34.6 Å². The van der Waals surface area contributed by atoms with E-state index in [9.17, 15) is 0 Å². The molecule has 0 spiro atoms. The standard InChI is InChI=1S/C18H19Cl2N5S/c19-12-6-13(20)8-14(7-12)26-18-23-15-16(21)22-10-25(17(15)24-18)9-11-4-2-1-3-5-11/h6-8,10-11H,1-5,9,21H2. The van der Waals surface area contributed by atoms with Crippen molar-refractivity contribution in [3.8, 4) is 11.5 Å². The Morgan fingerprint density at radius 1 is 1.08 bits per heavy atom. The molecule has 3 aliphatic rings. The third-order valence-electron chi connectivity index (χ3n) is 4.70. The minimum absolute atomic E-state index is 0.406. The zero-order valence-electron chi connectivity index (χ0n) is 14.2. The predicted molar refractivity (Wildman–Crippen MR) is 106 cm³/mol. The fraction of sp³-hybridized carbons (Fsp3) is 0.389. The number of halogens is 2. The van der Waals surface area contributed by atoms with Crippen LogP contribution in [0.3, 0.4) is 0 Å². The molecular formula is C18H19Cl2N5S. The van der Waals surface area contributed by atoms with Crippen LogP contribution in [0.25, 0.3) is 11.5 Å². The van der Waals surface area contributed by atoms with Gasteiger partial charge in [-0.3, -0.25) is 0 Å². The number of nitrogens with two attached hydrogens (primary N) is 1. The second-order valence-electron chi connectivity index (χ2n) is 6.67. The summed E-state index contributed by atoms with van der Waals surface area (Å²) in [6.45, 7) is 0.912. The predicted octanol–water partition coefficient (Wildman–Crippen LogP) is 5.40. The average Bonchev–Trinajstić information content (AvgIpc) is 3.02. The zero-order chi connectivity index (χ0) is 18.1. The minimum Gasteiger partial charge on any atom is -0.382 e. The second-order valence-corrected chi connectivity index (χ2v) is 8.59. The molecule has 0 radical (unpaired) electrons. The van der Waals surface area contributed by atoms with Gasteiger partial charge in [-0.1, -0.05) is 42.5 Å². The van der Waals surface area contributed by atoms with Crippen LogP contribution in [0.4, 0.5) is 5.82 Å². The van der Waals surface area contributed by atoms with Crippen molar-refractivity contribution in [2.24, 2.45) is 5.92 Å². The van der Waals surface area contributed by atoms with Gasteiger partial charge in [0, 0.05) is 21.5 Å². The van der Waals surface area contributed by atoms with Crippen LogP contribution < -0.4 is 5.73 Å². The van der Waals surface area contributed by atoms with Crippen molar-refractivity contribution in [2.45, 2.75) is 48.7 Å². The van der Waals surface area contributed by atoms with E-state index < -0.39 is 0 Å². The lowest BCUT2D eigenvalue weighted by Crippen LogP contribution is -2.17. The molecule has 1 aliphatic carbocycles. The Balaban J connectivity index is 1.63. The maximum atomic E-state index is 6.08. The Morgan fingerprint density at radius 3 is 2.54 bits per heavy atom. The number of hydrogen-bond acceptors (Lipinski definition) is 5. The molecule has 1 saturated carbocycles. The lowest BCUT2D eigenvalue weighted by Gasteiger charge is -2.23. The quantitative estimate of drug-likeness (QED) is 0.626. The molecule has 8 heteroatoms. The van der Waals surface area contributed by atoms with Crippen LogP contribution in [0.2, 0.25) is 10.0 Å². The molecule has 5 nitrogen and oxygen atoms in total. The van der Waals surface area contributed by atoms with E-state index in [4.69, 9.17) is 33.9 Å². The molecule has 26 heavy (non-hydrogen) atoms. The summed E-state index contributed by atoms with van der Waals surface area (Å²) in [7, 11) is 0. The number of fused-ring (bicyclic) bond motifs is 1. The number of hydrogen-bond donors (Lipinski definition) is 1. The normalized spacial score (nSPS) is 15.6. The lowest BCUT2D eigenvalue weighted by molar-refractivity contribution is 0.318. The zero-order valence-corrected chi connectivity index (χ0v) is 16.5. The fourth-order valence-corrected chi connectivity index (χ4v) is 4.96. The summed E-state index contributed by atoms with van der Waals surface area (Å²) < 4.78 is 2.09. The van der Waals surface area contributed by atoms with Gasteiger partial charge in [0.1, 0.15) is 0 Å². The van der Waals surface area contributed by atoms with Crippen molar-refractivity contribution in [1.29, 1.82) is 0 Å². The van der Waals surface area contributed by atoms with E-state index in [1.54, 1.807) is 12.4 Å². The van der Waals surface area contributed by atoms with E-state index in [0.717, 1.165) is 17.3 Å². The Labute approximate surface area is 166 Å². The summed E-state index contributed by atoms with van der Waals surface area (Å²) in [5.41, 5.74) is 6.69. The molecule has 0 saturated heterocycles. The molecule has 0 aromatic heterocycles. The molecule has 2 heterocycles. The molecule has 0 unspecified atom stereocenters. The molecule has 0 atom stereocenters. The van der Waals surface area contributed by atoms with Gasteiger partial charge in [0.15, 0.2) is 22.5 Å². The van der Waals surface area contributed by atoms with E-state index in [2.05, 4.69) is 14.5 Å². The average molecular weight is 408 g/mol. The largest absolute Gasteiger partial charge is 0.382 e. The van der Waals surface area contributed by atoms with Crippen LogP contribution >= 0.6 is 35.0 Å². The molecular weight excluding hydrogens is 389 g/mol. The molecule has 2 aliphatic heterocycles. The van der Waals surface area contributed by atoms with Gasteiger partial charge >= 0.3 is 0 Å². The van der Waals surface area contributed by atoms with E-state index in [0.29, 0.717) is 32.6 Å². The maximum absolute atomic E-state index is 6.08. The minimum atomic E-state index is 0.406.